The van der Waals surface area contributed by atoms with Gasteiger partial charge in [-0.1, -0.05) is 6.07 Å². The summed E-state index contributed by atoms with van der Waals surface area (Å²) in [5.41, 5.74) is 7.01. The highest BCUT2D eigenvalue weighted by atomic mass is 16.5. The number of likely N-dealkylation sites (N-methyl/N-ethyl adjacent to an activating group) is 1. The second-order valence-electron chi connectivity index (χ2n) is 7.93. The molecule has 2 atom stereocenters. The van der Waals surface area contributed by atoms with Crippen LogP contribution in [-0.2, 0) is 9.59 Å². The first-order valence-electron chi connectivity index (χ1n) is 10.7. The third-order valence-corrected chi connectivity index (χ3v) is 4.88. The van der Waals surface area contributed by atoms with Gasteiger partial charge >= 0.3 is 5.97 Å². The van der Waals surface area contributed by atoms with Gasteiger partial charge in [-0.2, -0.15) is 0 Å². The van der Waals surface area contributed by atoms with Crippen LogP contribution in [0.2, 0.25) is 0 Å². The van der Waals surface area contributed by atoms with Gasteiger partial charge in [-0.05, 0) is 39.1 Å². The Morgan fingerprint density at radius 1 is 1.45 bits per heavy atom. The van der Waals surface area contributed by atoms with Gasteiger partial charge in [0.15, 0.2) is 6.61 Å². The molecule has 1 unspecified atom stereocenters. The van der Waals surface area contributed by atoms with E-state index in [0.29, 0.717) is 35.2 Å². The fourth-order valence-corrected chi connectivity index (χ4v) is 3.50. The number of aromatic nitrogens is 2. The van der Waals surface area contributed by atoms with E-state index < -0.39 is 18.5 Å². The fourth-order valence-electron chi connectivity index (χ4n) is 3.50. The third kappa shape index (κ3) is 6.96. The van der Waals surface area contributed by atoms with Crippen molar-refractivity contribution in [2.45, 2.75) is 25.3 Å². The molecule has 1 aliphatic rings. The molecule has 1 aromatic carbocycles. The van der Waals surface area contributed by atoms with Crippen molar-refractivity contribution < 1.29 is 19.4 Å². The van der Waals surface area contributed by atoms with Crippen LogP contribution in [0.1, 0.15) is 24.8 Å². The van der Waals surface area contributed by atoms with Gasteiger partial charge in [0, 0.05) is 31.4 Å². The van der Waals surface area contributed by atoms with E-state index in [4.69, 9.17) is 15.6 Å². The topological polar surface area (TPSA) is 155 Å². The molecule has 0 saturated heterocycles. The van der Waals surface area contributed by atoms with E-state index in [1.54, 1.807) is 24.3 Å². The number of carboxylic acid groups (broad SMARTS) is 1. The van der Waals surface area contributed by atoms with Crippen molar-refractivity contribution in [3.63, 3.8) is 0 Å². The number of benzene rings is 1. The van der Waals surface area contributed by atoms with Crippen molar-refractivity contribution >= 4 is 35.4 Å². The van der Waals surface area contributed by atoms with Crippen molar-refractivity contribution in [1.29, 1.82) is 0 Å². The summed E-state index contributed by atoms with van der Waals surface area (Å²) in [7, 11) is 2.03. The van der Waals surface area contributed by atoms with Crippen molar-refractivity contribution in [2.24, 2.45) is 10.7 Å². The Morgan fingerprint density at radius 2 is 2.27 bits per heavy atom. The van der Waals surface area contributed by atoms with Gasteiger partial charge in [0.05, 0.1) is 11.3 Å². The lowest BCUT2D eigenvalue weighted by Crippen LogP contribution is -2.34. The molecule has 33 heavy (non-hydrogen) atoms. The normalized spacial score (nSPS) is 16.0. The first-order chi connectivity index (χ1) is 15.8. The van der Waals surface area contributed by atoms with E-state index >= 15 is 0 Å². The lowest BCUT2D eigenvalue weighted by molar-refractivity contribution is -0.139. The zero-order valence-corrected chi connectivity index (χ0v) is 18.7. The minimum Gasteiger partial charge on any atom is -0.482 e. The Hall–Kier alpha value is -3.57. The Morgan fingerprint density at radius 3 is 3.03 bits per heavy atom. The Kier molecular flexibility index (Phi) is 8.28. The molecule has 0 bridgehead atoms. The number of carbonyl (C=O) groups excluding carboxylic acids is 1. The van der Waals surface area contributed by atoms with Crippen LogP contribution in [0, 0.1) is 0 Å². The van der Waals surface area contributed by atoms with Crippen LogP contribution in [0.15, 0.2) is 35.6 Å². The predicted octanol–water partition coefficient (Wildman–Crippen LogP) is 1.46. The van der Waals surface area contributed by atoms with Gasteiger partial charge in [0.1, 0.15) is 29.6 Å². The number of aliphatic carboxylic acids is 1. The fraction of sp³-hybridized carbons (Fsp3) is 0.409. The summed E-state index contributed by atoms with van der Waals surface area (Å²) in [6.07, 6.45) is 3.82. The second kappa shape index (κ2) is 11.3. The molecule has 2 heterocycles. The molecular weight excluding hydrogens is 426 g/mol. The SMILES string of the molecule is C[C@H](N)CN(C)CCCNc1ncnc2c1C(C=Nc1cccc(OCC(=O)O)c1)C(=O)N2. The van der Waals surface area contributed by atoms with Gasteiger partial charge in [-0.3, -0.25) is 9.79 Å². The number of anilines is 2. The van der Waals surface area contributed by atoms with Crippen LogP contribution in [0.5, 0.6) is 5.75 Å². The number of nitrogens with two attached hydrogens (primary N) is 1. The number of rotatable bonds is 12. The summed E-state index contributed by atoms with van der Waals surface area (Å²) in [4.78, 5) is 38.3. The van der Waals surface area contributed by atoms with E-state index in [-0.39, 0.29) is 11.9 Å². The summed E-state index contributed by atoms with van der Waals surface area (Å²) < 4.78 is 5.18. The summed E-state index contributed by atoms with van der Waals surface area (Å²) in [6, 6.07) is 6.80. The van der Waals surface area contributed by atoms with Crippen molar-refractivity contribution in [3.05, 3.63) is 36.2 Å². The molecule has 1 amide bonds. The maximum Gasteiger partial charge on any atom is 0.341 e. The average molecular weight is 456 g/mol. The lowest BCUT2D eigenvalue weighted by atomic mass is 10.0. The summed E-state index contributed by atoms with van der Waals surface area (Å²) in [6.45, 7) is 3.91. The lowest BCUT2D eigenvalue weighted by Gasteiger charge is -2.19. The highest BCUT2D eigenvalue weighted by Crippen LogP contribution is 2.34. The highest BCUT2D eigenvalue weighted by Gasteiger charge is 2.33. The molecular formula is C22H29N7O4. The summed E-state index contributed by atoms with van der Waals surface area (Å²) >= 11 is 0. The number of nitrogens with one attached hydrogen (secondary N) is 2. The Labute approximate surface area is 192 Å². The number of fused-ring (bicyclic) bond motifs is 1. The molecule has 2 aromatic rings. The van der Waals surface area contributed by atoms with Gasteiger partial charge in [-0.25, -0.2) is 14.8 Å². The van der Waals surface area contributed by atoms with Gasteiger partial charge in [-0.15, -0.1) is 0 Å². The molecule has 3 rings (SSSR count). The maximum absolute atomic E-state index is 12.6. The number of hydrogen-bond acceptors (Lipinski definition) is 9. The number of nitrogens with zero attached hydrogens (tertiary/aromatic N) is 4. The number of ether oxygens (including phenoxy) is 1. The van der Waals surface area contributed by atoms with Crippen LogP contribution in [0.4, 0.5) is 17.3 Å². The standard InChI is InChI=1S/C22H29N7O4/c1-14(23)11-29(2)8-4-7-24-20-19-17(22(32)28-21(19)27-13-26-20)10-25-15-5-3-6-16(9-15)33-12-18(30)31/h3,5-6,9-10,13-14,17H,4,7-8,11-12,23H2,1-2H3,(H,30,31)(H2,24,26,27,28,32)/t14-,17?/m0/s1. The number of carbonyl (C=O) groups is 2. The molecule has 11 nitrogen and oxygen atoms in total. The van der Waals surface area contributed by atoms with E-state index in [0.717, 1.165) is 19.5 Å². The molecule has 0 spiro atoms. The molecule has 0 radical (unpaired) electrons. The Balaban J connectivity index is 1.67. The number of hydrogen-bond donors (Lipinski definition) is 4. The number of aliphatic imine (C=N–C) groups is 1. The van der Waals surface area contributed by atoms with Crippen LogP contribution < -0.4 is 21.1 Å². The minimum absolute atomic E-state index is 0.120. The number of amides is 1. The van der Waals surface area contributed by atoms with Crippen LogP contribution in [0.3, 0.4) is 0 Å². The monoisotopic (exact) mass is 455 g/mol. The molecule has 176 valence electrons. The van der Waals surface area contributed by atoms with Crippen molar-refractivity contribution in [3.8, 4) is 5.75 Å². The van der Waals surface area contributed by atoms with E-state index in [2.05, 4.69) is 30.5 Å². The van der Waals surface area contributed by atoms with E-state index in [1.165, 1.54) is 12.5 Å². The van der Waals surface area contributed by atoms with Gasteiger partial charge in [0.25, 0.3) is 0 Å². The zero-order valence-electron chi connectivity index (χ0n) is 18.7. The van der Waals surface area contributed by atoms with Crippen LogP contribution in [-0.4, -0.2) is 77.4 Å². The summed E-state index contributed by atoms with van der Waals surface area (Å²) in [5, 5.41) is 14.8. The second-order valence-corrected chi connectivity index (χ2v) is 7.93. The average Bonchev–Trinajstić information content (AvgIpc) is 3.09. The smallest absolute Gasteiger partial charge is 0.341 e. The first-order valence-corrected chi connectivity index (χ1v) is 10.7. The molecule has 11 heteroatoms. The van der Waals surface area contributed by atoms with Crippen molar-refractivity contribution in [1.82, 2.24) is 14.9 Å². The molecule has 5 N–H and O–H groups in total. The maximum atomic E-state index is 12.6. The minimum atomic E-state index is -1.07. The zero-order chi connectivity index (χ0) is 23.8. The van der Waals surface area contributed by atoms with Gasteiger partial charge < -0.3 is 31.1 Å². The molecule has 0 saturated carbocycles. The third-order valence-electron chi connectivity index (χ3n) is 4.88. The molecule has 1 aromatic heterocycles. The largest absolute Gasteiger partial charge is 0.482 e. The molecule has 0 fully saturated rings. The van der Waals surface area contributed by atoms with Crippen LogP contribution >= 0.6 is 0 Å². The summed E-state index contributed by atoms with van der Waals surface area (Å²) in [5.74, 6) is -0.545. The first kappa shape index (κ1) is 24.1. The molecule has 1 aliphatic heterocycles. The van der Waals surface area contributed by atoms with Gasteiger partial charge in [0.2, 0.25) is 5.91 Å². The quantitative estimate of drug-likeness (QED) is 0.275. The highest BCUT2D eigenvalue weighted by molar-refractivity contribution is 6.13. The van der Waals surface area contributed by atoms with E-state index in [9.17, 15) is 9.59 Å². The number of carboxylic acids is 1. The van der Waals surface area contributed by atoms with Crippen LogP contribution in [0.25, 0.3) is 0 Å². The predicted molar refractivity (Wildman–Crippen MR) is 125 cm³/mol. The van der Waals surface area contributed by atoms with Crippen molar-refractivity contribution in [2.75, 3.05) is 43.9 Å². The molecule has 0 aliphatic carbocycles. The Bertz CT molecular complexity index is 1010. The van der Waals surface area contributed by atoms with E-state index in [1.807, 2.05) is 14.0 Å².